The molecule has 2 heterocycles. The van der Waals surface area contributed by atoms with E-state index >= 15 is 0 Å². The van der Waals surface area contributed by atoms with Crippen LogP contribution in [0.2, 0.25) is 0 Å². The number of hydrogen-bond donors (Lipinski definition) is 1. The molecule has 1 aliphatic carbocycles. The highest BCUT2D eigenvalue weighted by molar-refractivity contribution is 7.17. The molecule has 1 aliphatic heterocycles. The van der Waals surface area contributed by atoms with Crippen LogP contribution < -0.4 is 5.32 Å². The molecule has 0 radical (unpaired) electrons. The first-order chi connectivity index (χ1) is 12.2. The summed E-state index contributed by atoms with van der Waals surface area (Å²) in [6, 6.07) is 12.4. The fourth-order valence-corrected chi connectivity index (χ4v) is 5.21. The summed E-state index contributed by atoms with van der Waals surface area (Å²) in [5, 5.41) is 3.24. The number of benzene rings is 1. The predicted molar refractivity (Wildman–Crippen MR) is 99.0 cm³/mol. The van der Waals surface area contributed by atoms with Crippen LogP contribution in [0.15, 0.2) is 36.4 Å². The third kappa shape index (κ3) is 3.01. The van der Waals surface area contributed by atoms with Gasteiger partial charge in [-0.3, -0.25) is 4.79 Å². The van der Waals surface area contributed by atoms with Crippen molar-refractivity contribution in [3.05, 3.63) is 46.8 Å². The lowest BCUT2D eigenvalue weighted by Gasteiger charge is -2.47. The van der Waals surface area contributed by atoms with Gasteiger partial charge < -0.3 is 14.8 Å². The molecular formula is C20H23NO3S. The summed E-state index contributed by atoms with van der Waals surface area (Å²) in [5.74, 6) is 0.710. The van der Waals surface area contributed by atoms with Crippen molar-refractivity contribution in [1.82, 2.24) is 5.32 Å². The fourth-order valence-electron chi connectivity index (χ4n) is 4.13. The molecule has 2 fully saturated rings. The molecule has 1 N–H and O–H groups in total. The monoisotopic (exact) mass is 357 g/mol. The maximum atomic E-state index is 12.8. The van der Waals surface area contributed by atoms with E-state index in [0.29, 0.717) is 12.5 Å². The molecule has 1 saturated carbocycles. The Morgan fingerprint density at radius 2 is 2.16 bits per heavy atom. The van der Waals surface area contributed by atoms with Gasteiger partial charge in [-0.15, -0.1) is 11.3 Å². The van der Waals surface area contributed by atoms with Crippen LogP contribution in [0.25, 0.3) is 10.4 Å². The largest absolute Gasteiger partial charge is 0.384 e. The molecule has 4 rings (SSSR count). The van der Waals surface area contributed by atoms with Crippen LogP contribution in [-0.2, 0) is 9.47 Å². The Morgan fingerprint density at radius 1 is 1.36 bits per heavy atom. The molecule has 2 aromatic rings. The minimum atomic E-state index is 0.0201. The zero-order valence-corrected chi connectivity index (χ0v) is 15.3. The van der Waals surface area contributed by atoms with Crippen molar-refractivity contribution in [3.8, 4) is 10.4 Å². The number of thiophene rings is 1. The first-order valence-electron chi connectivity index (χ1n) is 8.76. The summed E-state index contributed by atoms with van der Waals surface area (Å²) in [5.41, 5.74) is 2.31. The Labute approximate surface area is 152 Å². The van der Waals surface area contributed by atoms with Crippen LogP contribution in [-0.4, -0.2) is 38.4 Å². The molecule has 5 heteroatoms. The second-order valence-corrected chi connectivity index (χ2v) is 7.95. The van der Waals surface area contributed by atoms with Crippen molar-refractivity contribution in [2.45, 2.75) is 25.5 Å². The third-order valence-electron chi connectivity index (χ3n) is 5.36. The van der Waals surface area contributed by atoms with Crippen LogP contribution in [0, 0.1) is 18.8 Å². The predicted octanol–water partition coefficient (Wildman–Crippen LogP) is 3.50. The maximum absolute atomic E-state index is 12.8. The Hall–Kier alpha value is -1.69. The Bertz CT molecular complexity index is 758. The van der Waals surface area contributed by atoms with E-state index < -0.39 is 0 Å². The number of carbonyl (C=O) groups is 1. The molecule has 0 unspecified atom stereocenters. The Morgan fingerprint density at radius 3 is 2.92 bits per heavy atom. The average Bonchev–Trinajstić information content (AvgIpc) is 3.22. The number of methoxy groups -OCH3 is 1. The molecule has 1 amide bonds. The van der Waals surface area contributed by atoms with Crippen molar-refractivity contribution in [2.75, 3.05) is 20.3 Å². The lowest BCUT2D eigenvalue weighted by molar-refractivity contribution is -0.0809. The van der Waals surface area contributed by atoms with Crippen molar-refractivity contribution >= 4 is 17.2 Å². The second kappa shape index (κ2) is 6.90. The first-order valence-corrected chi connectivity index (χ1v) is 9.58. The number of carbonyl (C=O) groups excluding carboxylic acids is 1. The van der Waals surface area contributed by atoms with E-state index in [1.54, 1.807) is 18.4 Å². The zero-order chi connectivity index (χ0) is 17.4. The lowest BCUT2D eigenvalue weighted by Crippen LogP contribution is -2.62. The van der Waals surface area contributed by atoms with Gasteiger partial charge in [0.2, 0.25) is 0 Å². The van der Waals surface area contributed by atoms with E-state index in [2.05, 4.69) is 24.4 Å². The number of nitrogens with one attached hydrogen (secondary N) is 1. The smallest absolute Gasteiger partial charge is 0.261 e. The van der Waals surface area contributed by atoms with Crippen LogP contribution in [0.1, 0.15) is 21.7 Å². The van der Waals surface area contributed by atoms with Gasteiger partial charge in [0.05, 0.1) is 17.6 Å². The highest BCUT2D eigenvalue weighted by Crippen LogP contribution is 2.44. The number of rotatable bonds is 5. The second-order valence-electron chi connectivity index (χ2n) is 6.90. The van der Waals surface area contributed by atoms with E-state index in [4.69, 9.17) is 9.47 Å². The quantitative estimate of drug-likeness (QED) is 0.891. The van der Waals surface area contributed by atoms with Gasteiger partial charge in [0, 0.05) is 36.5 Å². The molecule has 0 bridgehead atoms. The van der Waals surface area contributed by atoms with Gasteiger partial charge in [0.25, 0.3) is 5.91 Å². The van der Waals surface area contributed by atoms with Crippen molar-refractivity contribution in [3.63, 3.8) is 0 Å². The van der Waals surface area contributed by atoms with Gasteiger partial charge in [-0.05, 0) is 30.5 Å². The molecule has 0 spiro atoms. The molecule has 25 heavy (non-hydrogen) atoms. The Balaban J connectivity index is 1.50. The van der Waals surface area contributed by atoms with E-state index in [1.807, 2.05) is 24.3 Å². The molecule has 4 nitrogen and oxygen atoms in total. The minimum Gasteiger partial charge on any atom is -0.384 e. The summed E-state index contributed by atoms with van der Waals surface area (Å²) in [7, 11) is 1.70. The van der Waals surface area contributed by atoms with E-state index in [1.165, 1.54) is 0 Å². The molecular weight excluding hydrogens is 334 g/mol. The summed E-state index contributed by atoms with van der Waals surface area (Å²) in [6.45, 7) is 3.48. The average molecular weight is 357 g/mol. The van der Waals surface area contributed by atoms with Gasteiger partial charge >= 0.3 is 0 Å². The number of aryl methyl sites for hydroxylation is 1. The molecule has 132 valence electrons. The van der Waals surface area contributed by atoms with Crippen LogP contribution in [0.4, 0.5) is 0 Å². The number of amides is 1. The normalized spacial score (nSPS) is 27.6. The van der Waals surface area contributed by atoms with Crippen LogP contribution >= 0.6 is 11.3 Å². The van der Waals surface area contributed by atoms with Crippen molar-refractivity contribution < 1.29 is 14.3 Å². The van der Waals surface area contributed by atoms with Gasteiger partial charge in [-0.1, -0.05) is 30.3 Å². The van der Waals surface area contributed by atoms with Crippen molar-refractivity contribution in [2.24, 2.45) is 11.8 Å². The summed E-state index contributed by atoms with van der Waals surface area (Å²) in [4.78, 5) is 14.7. The van der Waals surface area contributed by atoms with Gasteiger partial charge in [-0.25, -0.2) is 0 Å². The number of hydrogen-bond acceptors (Lipinski definition) is 4. The lowest BCUT2D eigenvalue weighted by atomic mass is 9.67. The van der Waals surface area contributed by atoms with Gasteiger partial charge in [0.15, 0.2) is 0 Å². The number of ether oxygens (including phenoxy) is 2. The highest BCUT2D eigenvalue weighted by atomic mass is 32.1. The minimum absolute atomic E-state index is 0.0201. The standard InChI is InChI=1S/C20H23NO3S/c1-12-10-16(25-19(12)13-6-4-3-5-7-13)20(22)21-17-14-8-9-24-18(14)15(17)11-23-2/h3-7,10,14-15,17-18H,8-9,11H2,1-2H3,(H,21,22)/t14-,15-,17-,18-/m0/s1. The van der Waals surface area contributed by atoms with E-state index in [-0.39, 0.29) is 24.0 Å². The summed E-state index contributed by atoms with van der Waals surface area (Å²) >= 11 is 1.56. The SMILES string of the molecule is COC[C@H]1[C@@H](NC(=O)c2cc(C)c(-c3ccccc3)s2)[C@@H]2CCO[C@@H]21. The fraction of sp³-hybridized carbons (Fsp3) is 0.450. The van der Waals surface area contributed by atoms with E-state index in [9.17, 15) is 4.79 Å². The molecule has 4 atom stereocenters. The molecule has 1 aromatic carbocycles. The van der Waals surface area contributed by atoms with E-state index in [0.717, 1.165) is 33.9 Å². The van der Waals surface area contributed by atoms with Gasteiger partial charge in [-0.2, -0.15) is 0 Å². The van der Waals surface area contributed by atoms with Crippen molar-refractivity contribution in [1.29, 1.82) is 0 Å². The molecule has 1 aromatic heterocycles. The summed E-state index contributed by atoms with van der Waals surface area (Å²) < 4.78 is 11.1. The molecule has 2 aliphatic rings. The van der Waals surface area contributed by atoms with Crippen LogP contribution in [0.5, 0.6) is 0 Å². The molecule has 1 saturated heterocycles. The van der Waals surface area contributed by atoms with Gasteiger partial charge in [0.1, 0.15) is 0 Å². The Kier molecular flexibility index (Phi) is 4.63. The topological polar surface area (TPSA) is 47.6 Å². The maximum Gasteiger partial charge on any atom is 0.261 e. The zero-order valence-electron chi connectivity index (χ0n) is 14.5. The van der Waals surface area contributed by atoms with Crippen LogP contribution in [0.3, 0.4) is 0 Å². The third-order valence-corrected chi connectivity index (χ3v) is 6.65. The highest BCUT2D eigenvalue weighted by Gasteiger charge is 2.54. The number of fused-ring (bicyclic) bond motifs is 1. The first kappa shape index (κ1) is 16.8. The summed E-state index contributed by atoms with van der Waals surface area (Å²) in [6.07, 6.45) is 1.27.